The van der Waals surface area contributed by atoms with E-state index >= 15 is 0 Å². The van der Waals surface area contributed by atoms with Gasteiger partial charge in [0.15, 0.2) is 0 Å². The Morgan fingerprint density at radius 2 is 1.93 bits per heavy atom. The molecule has 150 valence electrons. The zero-order valence-corrected chi connectivity index (χ0v) is 16.7. The molecule has 0 bridgehead atoms. The predicted molar refractivity (Wildman–Crippen MR) is 102 cm³/mol. The Bertz CT molecular complexity index is 672. The van der Waals surface area contributed by atoms with E-state index < -0.39 is 23.7 Å². The van der Waals surface area contributed by atoms with Gasteiger partial charge in [-0.15, -0.1) is 0 Å². The van der Waals surface area contributed by atoms with Crippen LogP contribution >= 0.6 is 0 Å². The molecule has 1 atom stereocenters. The van der Waals surface area contributed by atoms with Gasteiger partial charge in [0, 0.05) is 32.2 Å². The minimum Gasteiger partial charge on any atom is -0.480 e. The molecule has 9 heteroatoms. The van der Waals surface area contributed by atoms with E-state index in [9.17, 15) is 14.7 Å². The number of rotatable bonds is 5. The van der Waals surface area contributed by atoms with Gasteiger partial charge in [-0.2, -0.15) is 0 Å². The molecule has 1 saturated heterocycles. The minimum atomic E-state index is -1.01. The number of carbonyl (C=O) groups excluding carboxylic acids is 1. The topological polar surface area (TPSA) is 99.1 Å². The van der Waals surface area contributed by atoms with Crippen molar-refractivity contribution in [1.29, 1.82) is 0 Å². The molecule has 1 unspecified atom stereocenters. The highest BCUT2D eigenvalue weighted by Gasteiger charge is 2.36. The first-order chi connectivity index (χ1) is 12.7. The summed E-state index contributed by atoms with van der Waals surface area (Å²) in [5.74, 6) is 0.290. The Balaban J connectivity index is 2.20. The molecule has 2 rings (SSSR count). The van der Waals surface area contributed by atoms with Gasteiger partial charge < -0.3 is 24.5 Å². The van der Waals surface area contributed by atoms with E-state index in [1.807, 2.05) is 13.8 Å². The number of hydrogen-bond acceptors (Lipinski definition) is 7. The molecule has 0 aliphatic carbocycles. The lowest BCUT2D eigenvalue weighted by Crippen LogP contribution is -2.58. The van der Waals surface area contributed by atoms with Crippen molar-refractivity contribution >= 4 is 23.7 Å². The molecule has 2 heterocycles. The van der Waals surface area contributed by atoms with Crippen LogP contribution in [0.5, 0.6) is 0 Å². The van der Waals surface area contributed by atoms with E-state index in [-0.39, 0.29) is 6.54 Å². The lowest BCUT2D eigenvalue weighted by molar-refractivity contribution is -0.139. The summed E-state index contributed by atoms with van der Waals surface area (Å²) in [6.45, 7) is 11.8. The van der Waals surface area contributed by atoms with Crippen molar-refractivity contribution in [2.24, 2.45) is 0 Å². The standard InChI is InChI=1S/C18H29N5O4/c1-6-21(7-2)14-10-15(20-12-19-14)23-9-8-22(11-13(23)16(24)25)17(26)27-18(3,4)5/h10,12-13H,6-9,11H2,1-5H3,(H,24,25). The Morgan fingerprint density at radius 1 is 1.26 bits per heavy atom. The van der Waals surface area contributed by atoms with Crippen LogP contribution in [0, 0.1) is 0 Å². The lowest BCUT2D eigenvalue weighted by Gasteiger charge is -2.40. The van der Waals surface area contributed by atoms with Gasteiger partial charge in [-0.25, -0.2) is 19.6 Å². The van der Waals surface area contributed by atoms with Crippen molar-refractivity contribution in [2.45, 2.75) is 46.3 Å². The van der Waals surface area contributed by atoms with Crippen LogP contribution in [0.3, 0.4) is 0 Å². The molecule has 1 fully saturated rings. The number of anilines is 2. The monoisotopic (exact) mass is 379 g/mol. The van der Waals surface area contributed by atoms with E-state index in [1.54, 1.807) is 31.7 Å². The van der Waals surface area contributed by atoms with E-state index in [1.165, 1.54) is 11.2 Å². The van der Waals surface area contributed by atoms with E-state index in [2.05, 4.69) is 14.9 Å². The van der Waals surface area contributed by atoms with Gasteiger partial charge in [-0.3, -0.25) is 0 Å². The quantitative estimate of drug-likeness (QED) is 0.827. The van der Waals surface area contributed by atoms with Crippen molar-refractivity contribution in [1.82, 2.24) is 14.9 Å². The molecular formula is C18H29N5O4. The van der Waals surface area contributed by atoms with Crippen molar-refractivity contribution in [3.8, 4) is 0 Å². The Kier molecular flexibility index (Phi) is 6.45. The number of hydrogen-bond donors (Lipinski definition) is 1. The third kappa shape index (κ3) is 5.21. The smallest absolute Gasteiger partial charge is 0.410 e. The number of carboxylic acids is 1. The highest BCUT2D eigenvalue weighted by atomic mass is 16.6. The summed E-state index contributed by atoms with van der Waals surface area (Å²) in [7, 11) is 0. The zero-order valence-electron chi connectivity index (χ0n) is 16.7. The van der Waals surface area contributed by atoms with Crippen molar-refractivity contribution in [2.75, 3.05) is 42.5 Å². The fraction of sp³-hybridized carbons (Fsp3) is 0.667. The third-order valence-electron chi connectivity index (χ3n) is 4.34. The second kappa shape index (κ2) is 8.41. The van der Waals surface area contributed by atoms with Crippen molar-refractivity contribution < 1.29 is 19.4 Å². The molecular weight excluding hydrogens is 350 g/mol. The van der Waals surface area contributed by atoms with Gasteiger partial charge in [0.25, 0.3) is 0 Å². The molecule has 0 aromatic carbocycles. The first kappa shape index (κ1) is 20.7. The molecule has 27 heavy (non-hydrogen) atoms. The maximum Gasteiger partial charge on any atom is 0.410 e. The number of carboxylic acid groups (broad SMARTS) is 1. The summed E-state index contributed by atoms with van der Waals surface area (Å²) in [6, 6.07) is 0.900. The summed E-state index contributed by atoms with van der Waals surface area (Å²) >= 11 is 0. The zero-order chi connectivity index (χ0) is 20.2. The van der Waals surface area contributed by atoms with E-state index in [0.717, 1.165) is 18.9 Å². The molecule has 9 nitrogen and oxygen atoms in total. The van der Waals surface area contributed by atoms with Crippen molar-refractivity contribution in [3.63, 3.8) is 0 Å². The molecule has 0 radical (unpaired) electrons. The Labute approximate surface area is 159 Å². The average molecular weight is 379 g/mol. The van der Waals surface area contributed by atoms with E-state index in [0.29, 0.717) is 18.9 Å². The summed E-state index contributed by atoms with van der Waals surface area (Å²) in [6.07, 6.45) is 0.946. The molecule has 1 aromatic rings. The lowest BCUT2D eigenvalue weighted by atomic mass is 10.1. The number of ether oxygens (including phenoxy) is 1. The molecule has 1 aliphatic heterocycles. The number of piperazine rings is 1. The van der Waals surface area contributed by atoms with Crippen LogP contribution in [0.25, 0.3) is 0 Å². The number of aromatic nitrogens is 2. The molecule has 0 spiro atoms. The second-order valence-corrected chi connectivity index (χ2v) is 7.38. The Hall–Kier alpha value is -2.58. The van der Waals surface area contributed by atoms with Crippen LogP contribution in [-0.2, 0) is 9.53 Å². The SMILES string of the molecule is CCN(CC)c1cc(N2CCN(C(=O)OC(C)(C)C)CC2C(=O)O)ncn1. The number of carbonyl (C=O) groups is 2. The van der Waals surface area contributed by atoms with Gasteiger partial charge in [0.1, 0.15) is 29.6 Å². The highest BCUT2D eigenvalue weighted by molar-refractivity contribution is 5.80. The molecule has 1 N–H and O–H groups in total. The highest BCUT2D eigenvalue weighted by Crippen LogP contribution is 2.23. The maximum atomic E-state index is 12.3. The summed E-state index contributed by atoms with van der Waals surface area (Å²) in [5, 5.41) is 9.70. The summed E-state index contributed by atoms with van der Waals surface area (Å²) < 4.78 is 5.37. The molecule has 1 aliphatic rings. The second-order valence-electron chi connectivity index (χ2n) is 7.38. The number of aliphatic carboxylic acids is 1. The predicted octanol–water partition coefficient (Wildman–Crippen LogP) is 1.83. The first-order valence-electron chi connectivity index (χ1n) is 9.20. The third-order valence-corrected chi connectivity index (χ3v) is 4.34. The average Bonchev–Trinajstić information content (AvgIpc) is 2.61. The van der Waals surface area contributed by atoms with Crippen LogP contribution in [0.4, 0.5) is 16.4 Å². The van der Waals surface area contributed by atoms with Gasteiger partial charge in [-0.1, -0.05) is 0 Å². The van der Waals surface area contributed by atoms with Crippen LogP contribution in [0.15, 0.2) is 12.4 Å². The van der Waals surface area contributed by atoms with Gasteiger partial charge in [0.05, 0.1) is 6.54 Å². The molecule has 1 amide bonds. The van der Waals surface area contributed by atoms with Crippen LogP contribution < -0.4 is 9.80 Å². The minimum absolute atomic E-state index is 0.0366. The van der Waals surface area contributed by atoms with Crippen LogP contribution in [-0.4, -0.2) is 76.4 Å². The largest absolute Gasteiger partial charge is 0.480 e. The number of nitrogens with zero attached hydrogens (tertiary/aromatic N) is 5. The Morgan fingerprint density at radius 3 is 2.48 bits per heavy atom. The van der Waals surface area contributed by atoms with E-state index in [4.69, 9.17) is 4.74 Å². The summed E-state index contributed by atoms with van der Waals surface area (Å²) in [4.78, 5) is 37.9. The van der Waals surface area contributed by atoms with Crippen LogP contribution in [0.1, 0.15) is 34.6 Å². The van der Waals surface area contributed by atoms with Crippen LogP contribution in [0.2, 0.25) is 0 Å². The van der Waals surface area contributed by atoms with Crippen molar-refractivity contribution in [3.05, 3.63) is 12.4 Å². The first-order valence-corrected chi connectivity index (χ1v) is 9.20. The fourth-order valence-electron chi connectivity index (χ4n) is 2.98. The summed E-state index contributed by atoms with van der Waals surface area (Å²) in [5.41, 5.74) is -0.627. The fourth-order valence-corrected chi connectivity index (χ4v) is 2.98. The molecule has 1 aromatic heterocycles. The molecule has 0 saturated carbocycles. The van der Waals surface area contributed by atoms with Gasteiger partial charge in [-0.05, 0) is 34.6 Å². The van der Waals surface area contributed by atoms with Gasteiger partial charge >= 0.3 is 12.1 Å². The van der Waals surface area contributed by atoms with Gasteiger partial charge in [0.2, 0.25) is 0 Å². The maximum absolute atomic E-state index is 12.3. The number of amides is 1. The normalized spacial score (nSPS) is 17.6.